The predicted octanol–water partition coefficient (Wildman–Crippen LogP) is 3.17. The lowest BCUT2D eigenvalue weighted by Gasteiger charge is -2.18. The number of aromatic nitrogens is 1. The standard InChI is InChI=1S/C21H15ClN4O6S2/c1-32-20(29)14-4-2-3-5-15(14)26-18(27)16(22)17(19(26)28)24-12-6-8-13(9-7-12)34(30,31)25-21-23-10-11-33-21/h2-11,24H,1H3,(H,23,25). The number of esters is 1. The maximum atomic E-state index is 13.0. The summed E-state index contributed by atoms with van der Waals surface area (Å²) in [7, 11) is -2.68. The van der Waals surface area contributed by atoms with Crippen LogP contribution in [0.2, 0.25) is 0 Å². The van der Waals surface area contributed by atoms with Crippen LogP contribution in [0.1, 0.15) is 10.4 Å². The van der Waals surface area contributed by atoms with Crippen LogP contribution >= 0.6 is 22.9 Å². The van der Waals surface area contributed by atoms with E-state index in [0.29, 0.717) is 5.69 Å². The normalized spacial score (nSPS) is 13.9. The zero-order valence-corrected chi connectivity index (χ0v) is 19.7. The first-order valence-corrected chi connectivity index (χ1v) is 12.2. The number of hydrogen-bond donors (Lipinski definition) is 2. The van der Waals surface area contributed by atoms with Crippen LogP contribution in [0.3, 0.4) is 0 Å². The molecule has 13 heteroatoms. The second kappa shape index (κ2) is 9.25. The smallest absolute Gasteiger partial charge is 0.339 e. The molecular weight excluding hydrogens is 504 g/mol. The molecule has 1 aliphatic heterocycles. The number of nitrogens with one attached hydrogen (secondary N) is 2. The number of ether oxygens (including phenoxy) is 1. The van der Waals surface area contributed by atoms with E-state index in [1.54, 1.807) is 17.5 Å². The third kappa shape index (κ3) is 4.38. The van der Waals surface area contributed by atoms with E-state index in [1.165, 1.54) is 49.7 Å². The molecule has 2 heterocycles. The van der Waals surface area contributed by atoms with Gasteiger partial charge in [-0.15, -0.1) is 11.3 Å². The highest BCUT2D eigenvalue weighted by Crippen LogP contribution is 2.32. The fourth-order valence-corrected chi connectivity index (χ4v) is 5.09. The van der Waals surface area contributed by atoms with Crippen LogP contribution in [-0.2, 0) is 24.3 Å². The molecule has 0 saturated carbocycles. The second-order valence-corrected chi connectivity index (χ2v) is 9.69. The van der Waals surface area contributed by atoms with Gasteiger partial charge in [0.05, 0.1) is 23.3 Å². The number of thiazole rings is 1. The van der Waals surface area contributed by atoms with Gasteiger partial charge in [-0.1, -0.05) is 23.7 Å². The molecule has 2 amide bonds. The Bertz CT molecular complexity index is 1420. The maximum Gasteiger partial charge on any atom is 0.339 e. The van der Waals surface area contributed by atoms with E-state index < -0.39 is 27.8 Å². The summed E-state index contributed by atoms with van der Waals surface area (Å²) in [4.78, 5) is 42.5. The minimum atomic E-state index is -3.86. The van der Waals surface area contributed by atoms with Crippen molar-refractivity contribution in [3.63, 3.8) is 0 Å². The minimum Gasteiger partial charge on any atom is -0.465 e. The third-order valence-electron chi connectivity index (χ3n) is 4.67. The summed E-state index contributed by atoms with van der Waals surface area (Å²) in [5.41, 5.74) is 0.127. The number of benzene rings is 2. The molecule has 174 valence electrons. The summed E-state index contributed by atoms with van der Waals surface area (Å²) in [5, 5.41) is 4.23. The average molecular weight is 519 g/mol. The van der Waals surface area contributed by atoms with Crippen LogP contribution in [0.5, 0.6) is 0 Å². The summed E-state index contributed by atoms with van der Waals surface area (Å²) < 4.78 is 32.0. The van der Waals surface area contributed by atoms with E-state index in [9.17, 15) is 22.8 Å². The van der Waals surface area contributed by atoms with Crippen molar-refractivity contribution in [2.75, 3.05) is 22.0 Å². The lowest BCUT2D eigenvalue weighted by Crippen LogP contribution is -2.33. The molecule has 0 aliphatic carbocycles. The molecule has 2 N–H and O–H groups in total. The van der Waals surface area contributed by atoms with Crippen molar-refractivity contribution in [2.45, 2.75) is 4.90 Å². The summed E-state index contributed by atoms with van der Waals surface area (Å²) in [6, 6.07) is 11.4. The van der Waals surface area contributed by atoms with Gasteiger partial charge in [-0.05, 0) is 36.4 Å². The van der Waals surface area contributed by atoms with Crippen molar-refractivity contribution >= 4 is 67.3 Å². The number of halogens is 1. The van der Waals surface area contributed by atoms with E-state index in [2.05, 4.69) is 15.0 Å². The Balaban J connectivity index is 1.57. The molecule has 0 bridgehead atoms. The highest BCUT2D eigenvalue weighted by Gasteiger charge is 2.40. The SMILES string of the molecule is COC(=O)c1ccccc1N1C(=O)C(Cl)=C(Nc2ccc(S(=O)(=O)Nc3nccs3)cc2)C1=O. The topological polar surface area (TPSA) is 135 Å². The lowest BCUT2D eigenvalue weighted by molar-refractivity contribution is -0.120. The van der Waals surface area contributed by atoms with Crippen LogP contribution < -0.4 is 14.9 Å². The number of carbonyl (C=O) groups excluding carboxylic acids is 3. The molecule has 0 radical (unpaired) electrons. The Hall–Kier alpha value is -3.74. The van der Waals surface area contributed by atoms with Crippen molar-refractivity contribution in [1.82, 2.24) is 4.98 Å². The number of rotatable bonds is 7. The zero-order chi connectivity index (χ0) is 24.5. The Kier molecular flexibility index (Phi) is 6.37. The van der Waals surface area contributed by atoms with Gasteiger partial charge in [0.2, 0.25) is 0 Å². The number of para-hydroxylation sites is 1. The van der Waals surface area contributed by atoms with Gasteiger partial charge < -0.3 is 10.1 Å². The number of methoxy groups -OCH3 is 1. The zero-order valence-electron chi connectivity index (χ0n) is 17.3. The molecule has 34 heavy (non-hydrogen) atoms. The molecule has 0 unspecified atom stereocenters. The Morgan fingerprint density at radius 1 is 1.09 bits per heavy atom. The quantitative estimate of drug-likeness (QED) is 0.360. The van der Waals surface area contributed by atoms with Crippen LogP contribution in [0.15, 0.2) is 75.7 Å². The Morgan fingerprint density at radius 3 is 2.44 bits per heavy atom. The van der Waals surface area contributed by atoms with Crippen LogP contribution in [0.4, 0.5) is 16.5 Å². The monoisotopic (exact) mass is 518 g/mol. The summed E-state index contributed by atoms with van der Waals surface area (Å²) in [6.45, 7) is 0. The van der Waals surface area contributed by atoms with Crippen LogP contribution in [-0.4, -0.2) is 38.3 Å². The molecule has 1 aliphatic rings. The maximum absolute atomic E-state index is 13.0. The van der Waals surface area contributed by atoms with Gasteiger partial charge in [-0.2, -0.15) is 0 Å². The van der Waals surface area contributed by atoms with E-state index in [4.69, 9.17) is 16.3 Å². The van der Waals surface area contributed by atoms with Gasteiger partial charge in [0.1, 0.15) is 10.7 Å². The van der Waals surface area contributed by atoms with Crippen molar-refractivity contribution in [1.29, 1.82) is 0 Å². The van der Waals surface area contributed by atoms with Gasteiger partial charge in [0.15, 0.2) is 5.13 Å². The Labute approximate surface area is 202 Å². The molecule has 3 aromatic rings. The summed E-state index contributed by atoms with van der Waals surface area (Å²) in [6.07, 6.45) is 1.47. The summed E-state index contributed by atoms with van der Waals surface area (Å²) >= 11 is 7.28. The highest BCUT2D eigenvalue weighted by molar-refractivity contribution is 7.93. The molecular formula is C21H15ClN4O6S2. The van der Waals surface area contributed by atoms with Crippen molar-refractivity contribution < 1.29 is 27.5 Å². The fraction of sp³-hybridized carbons (Fsp3) is 0.0476. The first-order chi connectivity index (χ1) is 16.2. The number of anilines is 3. The lowest BCUT2D eigenvalue weighted by atomic mass is 10.1. The van der Waals surface area contributed by atoms with Gasteiger partial charge >= 0.3 is 5.97 Å². The predicted molar refractivity (Wildman–Crippen MR) is 126 cm³/mol. The summed E-state index contributed by atoms with van der Waals surface area (Å²) in [5.74, 6) is -2.33. The number of sulfonamides is 1. The number of hydrogen-bond acceptors (Lipinski definition) is 9. The van der Waals surface area contributed by atoms with Crippen molar-refractivity contribution in [3.05, 3.63) is 76.4 Å². The molecule has 10 nitrogen and oxygen atoms in total. The van der Waals surface area contributed by atoms with Crippen molar-refractivity contribution in [3.8, 4) is 0 Å². The molecule has 2 aromatic carbocycles. The molecule has 0 saturated heterocycles. The molecule has 0 spiro atoms. The number of carbonyl (C=O) groups is 3. The van der Waals surface area contributed by atoms with Gasteiger partial charge in [-0.25, -0.2) is 23.1 Å². The van der Waals surface area contributed by atoms with E-state index in [-0.39, 0.29) is 32.0 Å². The minimum absolute atomic E-state index is 0.0136. The molecule has 0 fully saturated rings. The second-order valence-electron chi connectivity index (χ2n) is 6.74. The first-order valence-electron chi connectivity index (χ1n) is 9.48. The molecule has 4 rings (SSSR count). The first kappa shape index (κ1) is 23.4. The number of amides is 2. The van der Waals surface area contributed by atoms with Crippen LogP contribution in [0, 0.1) is 0 Å². The third-order valence-corrected chi connectivity index (χ3v) is 7.19. The Morgan fingerprint density at radius 2 is 1.79 bits per heavy atom. The van der Waals surface area contributed by atoms with Crippen molar-refractivity contribution in [2.24, 2.45) is 0 Å². The van der Waals surface area contributed by atoms with Crippen LogP contribution in [0.25, 0.3) is 0 Å². The number of nitrogens with zero attached hydrogens (tertiary/aromatic N) is 2. The average Bonchev–Trinajstić information content (AvgIpc) is 3.41. The van der Waals surface area contributed by atoms with E-state index in [0.717, 1.165) is 16.2 Å². The van der Waals surface area contributed by atoms with E-state index >= 15 is 0 Å². The van der Waals surface area contributed by atoms with E-state index in [1.807, 2.05) is 0 Å². The molecule has 1 aromatic heterocycles. The fourth-order valence-electron chi connectivity index (χ4n) is 3.09. The number of imide groups is 1. The highest BCUT2D eigenvalue weighted by atomic mass is 35.5. The van der Waals surface area contributed by atoms with Gasteiger partial charge in [0, 0.05) is 17.3 Å². The molecule has 0 atom stereocenters. The largest absolute Gasteiger partial charge is 0.465 e. The van der Waals surface area contributed by atoms with Gasteiger partial charge in [-0.3, -0.25) is 14.3 Å². The van der Waals surface area contributed by atoms with Gasteiger partial charge in [0.25, 0.3) is 21.8 Å².